The molecule has 1 atom stereocenters. The number of nitrogens with one attached hydrogen (secondary N) is 1. The molecule has 8 nitrogen and oxygen atoms in total. The summed E-state index contributed by atoms with van der Waals surface area (Å²) in [6.07, 6.45) is -0.554. The number of alkyl carbamates (subject to hydrolysis) is 1. The van der Waals surface area contributed by atoms with Crippen molar-refractivity contribution in [3.05, 3.63) is 41.3 Å². The summed E-state index contributed by atoms with van der Waals surface area (Å²) in [7, 11) is -4.26. The van der Waals surface area contributed by atoms with Crippen LogP contribution >= 0.6 is 0 Å². The van der Waals surface area contributed by atoms with Gasteiger partial charge < -0.3 is 15.2 Å². The maximum Gasteiger partial charge on any atom is 0.408 e. The number of carboxylic acid groups (broad SMARTS) is 1. The lowest BCUT2D eigenvalue weighted by Crippen LogP contribution is -2.46. The molecule has 0 bridgehead atoms. The number of aliphatic carboxylic acids is 1. The van der Waals surface area contributed by atoms with Gasteiger partial charge in [-0.1, -0.05) is 45.0 Å². The second-order valence-electron chi connectivity index (χ2n) is 8.85. The lowest BCUT2D eigenvalue weighted by Gasteiger charge is -2.24. The zero-order valence-corrected chi connectivity index (χ0v) is 18.9. The highest BCUT2D eigenvalue weighted by atomic mass is 32.2. The average molecular weight is 440 g/mol. The Morgan fingerprint density at radius 1 is 1.07 bits per heavy atom. The van der Waals surface area contributed by atoms with Crippen molar-refractivity contribution >= 4 is 27.7 Å². The monoisotopic (exact) mass is 439 g/mol. The SMILES string of the molecule is CC(C)(C)C=C(C(=O)[C@H](CC(=O)O)NC(=O)OC(C)(C)C)S(=O)(=O)c1ccccc1. The van der Waals surface area contributed by atoms with Crippen LogP contribution in [0.5, 0.6) is 0 Å². The first-order chi connectivity index (χ1) is 13.5. The number of benzene rings is 1. The molecule has 0 saturated carbocycles. The topological polar surface area (TPSA) is 127 Å². The van der Waals surface area contributed by atoms with Gasteiger partial charge in [0.05, 0.1) is 11.3 Å². The minimum Gasteiger partial charge on any atom is -0.481 e. The number of carbonyl (C=O) groups is 3. The van der Waals surface area contributed by atoms with E-state index < -0.39 is 56.1 Å². The van der Waals surface area contributed by atoms with Crippen molar-refractivity contribution in [1.29, 1.82) is 0 Å². The molecule has 30 heavy (non-hydrogen) atoms. The number of ether oxygens (including phenoxy) is 1. The van der Waals surface area contributed by atoms with E-state index in [1.54, 1.807) is 47.6 Å². The van der Waals surface area contributed by atoms with Gasteiger partial charge in [-0.2, -0.15) is 0 Å². The molecule has 0 aliphatic carbocycles. The molecule has 0 fully saturated rings. The molecule has 0 saturated heterocycles. The third kappa shape index (κ3) is 7.98. The minimum absolute atomic E-state index is 0.111. The number of sulfone groups is 1. The molecular weight excluding hydrogens is 410 g/mol. The first-order valence-electron chi connectivity index (χ1n) is 9.31. The van der Waals surface area contributed by atoms with Crippen LogP contribution in [-0.2, 0) is 24.2 Å². The fourth-order valence-electron chi connectivity index (χ4n) is 2.41. The van der Waals surface area contributed by atoms with Crippen molar-refractivity contribution in [3.8, 4) is 0 Å². The quantitative estimate of drug-likeness (QED) is 0.624. The largest absolute Gasteiger partial charge is 0.481 e. The lowest BCUT2D eigenvalue weighted by atomic mass is 9.94. The summed E-state index contributed by atoms with van der Waals surface area (Å²) >= 11 is 0. The zero-order chi connectivity index (χ0) is 23.3. The Labute approximate surface area is 177 Å². The molecule has 2 N–H and O–H groups in total. The summed E-state index contributed by atoms with van der Waals surface area (Å²) in [5.41, 5.74) is -1.60. The Bertz CT molecular complexity index is 920. The molecule has 0 unspecified atom stereocenters. The fourth-order valence-corrected chi connectivity index (χ4v) is 4.09. The molecule has 1 aromatic carbocycles. The van der Waals surface area contributed by atoms with E-state index >= 15 is 0 Å². The molecule has 0 aliphatic heterocycles. The molecular formula is C21H29NO7S. The molecule has 0 heterocycles. The minimum atomic E-state index is -4.26. The van der Waals surface area contributed by atoms with Gasteiger partial charge in [0, 0.05) is 0 Å². The van der Waals surface area contributed by atoms with Gasteiger partial charge in [0.25, 0.3) is 0 Å². The molecule has 1 rings (SSSR count). The van der Waals surface area contributed by atoms with Crippen molar-refractivity contribution in [1.82, 2.24) is 5.32 Å². The van der Waals surface area contributed by atoms with Gasteiger partial charge >= 0.3 is 12.1 Å². The van der Waals surface area contributed by atoms with Gasteiger partial charge in [0.2, 0.25) is 9.84 Å². The highest BCUT2D eigenvalue weighted by Crippen LogP contribution is 2.27. The van der Waals surface area contributed by atoms with Gasteiger partial charge in [-0.25, -0.2) is 13.2 Å². The van der Waals surface area contributed by atoms with Crippen LogP contribution in [0, 0.1) is 5.41 Å². The standard InChI is InChI=1S/C21H29NO7S/c1-20(2,3)13-16(30(27,28)14-10-8-7-9-11-14)18(25)15(12-17(23)24)22-19(26)29-21(4,5)6/h7-11,13,15H,12H2,1-6H3,(H,22,26)(H,23,24)/t15-/m0/s1. The third-order valence-electron chi connectivity index (χ3n) is 3.54. The summed E-state index contributed by atoms with van der Waals surface area (Å²) in [5, 5.41) is 11.4. The number of ketones is 1. The summed E-state index contributed by atoms with van der Waals surface area (Å²) in [6, 6.07) is 5.72. The maximum absolute atomic E-state index is 13.2. The van der Waals surface area contributed by atoms with Crippen molar-refractivity contribution < 1.29 is 32.6 Å². The van der Waals surface area contributed by atoms with Gasteiger partial charge in [-0.3, -0.25) is 9.59 Å². The second kappa shape index (κ2) is 9.42. The predicted molar refractivity (Wildman–Crippen MR) is 112 cm³/mol. The van der Waals surface area contributed by atoms with Crippen molar-refractivity contribution in [2.75, 3.05) is 0 Å². The predicted octanol–water partition coefficient (Wildman–Crippen LogP) is 3.33. The van der Waals surface area contributed by atoms with Crippen LogP contribution in [0.1, 0.15) is 48.0 Å². The summed E-state index contributed by atoms with van der Waals surface area (Å²) in [5.74, 6) is -2.40. The molecule has 1 aromatic rings. The summed E-state index contributed by atoms with van der Waals surface area (Å²) < 4.78 is 31.4. The first kappa shape index (κ1) is 25.4. The maximum atomic E-state index is 13.2. The molecule has 166 valence electrons. The van der Waals surface area contributed by atoms with Crippen molar-refractivity contribution in [2.24, 2.45) is 5.41 Å². The zero-order valence-electron chi connectivity index (χ0n) is 18.1. The first-order valence-corrected chi connectivity index (χ1v) is 10.8. The van der Waals surface area contributed by atoms with Crippen LogP contribution in [0.4, 0.5) is 4.79 Å². The van der Waals surface area contributed by atoms with Crippen LogP contribution in [0.3, 0.4) is 0 Å². The van der Waals surface area contributed by atoms with E-state index in [1.807, 2.05) is 0 Å². The van der Waals surface area contributed by atoms with Crippen LogP contribution in [0.15, 0.2) is 46.2 Å². The molecule has 0 aliphatic rings. The number of rotatable bonds is 7. The number of carbonyl (C=O) groups excluding carboxylic acids is 2. The summed E-state index contributed by atoms with van der Waals surface area (Å²) in [4.78, 5) is 35.9. The van der Waals surface area contributed by atoms with Gasteiger partial charge in [-0.05, 0) is 38.3 Å². The molecule has 0 radical (unpaired) electrons. The number of Topliss-reactive ketones (excluding diaryl/α,β-unsaturated/α-hetero) is 1. The number of amides is 1. The Kier molecular flexibility index (Phi) is 7.96. The number of hydrogen-bond acceptors (Lipinski definition) is 6. The number of allylic oxidation sites excluding steroid dienone is 1. The van der Waals surface area contributed by atoms with Crippen LogP contribution < -0.4 is 5.32 Å². The van der Waals surface area contributed by atoms with Gasteiger partial charge in [0.1, 0.15) is 16.5 Å². The third-order valence-corrected chi connectivity index (χ3v) is 5.33. The van der Waals surface area contributed by atoms with E-state index in [4.69, 9.17) is 4.74 Å². The summed E-state index contributed by atoms with van der Waals surface area (Å²) in [6.45, 7) is 9.92. The number of carboxylic acids is 1. The Morgan fingerprint density at radius 3 is 2.03 bits per heavy atom. The molecule has 0 spiro atoms. The molecule has 1 amide bonds. The number of hydrogen-bond donors (Lipinski definition) is 2. The highest BCUT2D eigenvalue weighted by molar-refractivity contribution is 7.96. The Morgan fingerprint density at radius 2 is 1.60 bits per heavy atom. The second-order valence-corrected chi connectivity index (χ2v) is 10.8. The Balaban J connectivity index is 3.45. The Hall–Kier alpha value is -2.68. The van der Waals surface area contributed by atoms with E-state index in [2.05, 4.69) is 5.32 Å². The van der Waals surface area contributed by atoms with Crippen LogP contribution in [-0.4, -0.2) is 43.0 Å². The van der Waals surface area contributed by atoms with Crippen molar-refractivity contribution in [2.45, 2.75) is 64.5 Å². The highest BCUT2D eigenvalue weighted by Gasteiger charge is 2.36. The van der Waals surface area contributed by atoms with Gasteiger partial charge in [-0.15, -0.1) is 0 Å². The van der Waals surface area contributed by atoms with E-state index in [0.29, 0.717) is 0 Å². The van der Waals surface area contributed by atoms with Crippen LogP contribution in [0.2, 0.25) is 0 Å². The van der Waals surface area contributed by atoms with Crippen molar-refractivity contribution in [3.63, 3.8) is 0 Å². The van der Waals surface area contributed by atoms with E-state index in [-0.39, 0.29) is 4.90 Å². The smallest absolute Gasteiger partial charge is 0.408 e. The van der Waals surface area contributed by atoms with E-state index in [0.717, 1.165) is 0 Å². The average Bonchev–Trinajstić information content (AvgIpc) is 2.56. The molecule has 9 heteroatoms. The van der Waals surface area contributed by atoms with E-state index in [1.165, 1.54) is 30.3 Å². The van der Waals surface area contributed by atoms with Gasteiger partial charge in [0.15, 0.2) is 5.78 Å². The molecule has 0 aromatic heterocycles. The fraction of sp³-hybridized carbons (Fsp3) is 0.476. The lowest BCUT2D eigenvalue weighted by molar-refractivity contribution is -0.139. The van der Waals surface area contributed by atoms with Crippen LogP contribution in [0.25, 0.3) is 0 Å². The van der Waals surface area contributed by atoms with E-state index in [9.17, 15) is 27.9 Å². The normalized spacial score (nSPS) is 14.0.